The van der Waals surface area contributed by atoms with E-state index in [0.29, 0.717) is 11.1 Å². The quantitative estimate of drug-likeness (QED) is 0.639. The fourth-order valence-electron chi connectivity index (χ4n) is 2.20. The number of nitrogens with one attached hydrogen (secondary N) is 1. The van der Waals surface area contributed by atoms with Crippen LogP contribution in [-0.2, 0) is 4.79 Å². The number of nitrogens with zero attached hydrogens (tertiary/aromatic N) is 2. The van der Waals surface area contributed by atoms with Crippen molar-refractivity contribution in [1.29, 1.82) is 0 Å². The van der Waals surface area contributed by atoms with Crippen molar-refractivity contribution in [2.24, 2.45) is 10.2 Å². The number of carbonyl (C=O) groups is 1. The third kappa shape index (κ3) is 3.46. The highest BCUT2D eigenvalue weighted by atomic mass is 79.9. The van der Waals surface area contributed by atoms with E-state index in [1.54, 1.807) is 18.2 Å². The summed E-state index contributed by atoms with van der Waals surface area (Å²) in [6, 6.07) is 12.7. The van der Waals surface area contributed by atoms with Gasteiger partial charge < -0.3 is 14.8 Å². The molecule has 1 amide bonds. The van der Waals surface area contributed by atoms with E-state index in [9.17, 15) is 9.90 Å². The van der Waals surface area contributed by atoms with E-state index < -0.39 is 5.91 Å². The Morgan fingerprint density at radius 2 is 2.08 bits per heavy atom. The summed E-state index contributed by atoms with van der Waals surface area (Å²) < 4.78 is 6.37. The maximum absolute atomic E-state index is 11.8. The Morgan fingerprint density at radius 3 is 2.88 bits per heavy atom. The minimum absolute atomic E-state index is 0.128. The van der Waals surface area contributed by atoms with E-state index in [2.05, 4.69) is 31.1 Å². The first-order valence-corrected chi connectivity index (χ1v) is 7.97. The van der Waals surface area contributed by atoms with Crippen LogP contribution < -0.4 is 4.74 Å². The van der Waals surface area contributed by atoms with Crippen LogP contribution >= 0.6 is 15.9 Å². The number of aromatic hydroxyl groups is 1. The number of ether oxygens (including phenoxy) is 1. The summed E-state index contributed by atoms with van der Waals surface area (Å²) in [5.41, 5.74) is 1.96. The number of aromatic nitrogens is 1. The summed E-state index contributed by atoms with van der Waals surface area (Å²) >= 11 is 3.40. The lowest BCUT2D eigenvalue weighted by Crippen LogP contribution is -2.07. The first kappa shape index (κ1) is 16.2. The van der Waals surface area contributed by atoms with Crippen LogP contribution in [0.2, 0.25) is 0 Å². The van der Waals surface area contributed by atoms with Gasteiger partial charge in [-0.05, 0) is 36.8 Å². The highest BCUT2D eigenvalue weighted by Gasteiger charge is 2.10. The van der Waals surface area contributed by atoms with Crippen molar-refractivity contribution in [3.05, 3.63) is 52.5 Å². The van der Waals surface area contributed by atoms with Crippen LogP contribution in [0.1, 0.15) is 5.56 Å². The molecule has 0 aliphatic heterocycles. The van der Waals surface area contributed by atoms with Gasteiger partial charge >= 0.3 is 5.91 Å². The first-order valence-electron chi connectivity index (χ1n) is 7.18. The topological polar surface area (TPSA) is 87.0 Å². The molecule has 122 valence electrons. The van der Waals surface area contributed by atoms with Gasteiger partial charge in [0.1, 0.15) is 5.75 Å². The molecule has 24 heavy (non-hydrogen) atoms. The molecular formula is C17H14BrN3O3. The Balaban J connectivity index is 1.68. The Hall–Kier alpha value is -2.67. The van der Waals surface area contributed by atoms with E-state index in [0.717, 1.165) is 15.6 Å². The molecule has 7 heteroatoms. The third-order valence-corrected chi connectivity index (χ3v) is 4.30. The maximum atomic E-state index is 11.8. The van der Waals surface area contributed by atoms with Crippen LogP contribution in [-0.4, -0.2) is 22.6 Å². The minimum Gasteiger partial charge on any atom is -0.493 e. The van der Waals surface area contributed by atoms with Gasteiger partial charge in [-0.2, -0.15) is 0 Å². The molecule has 0 aliphatic carbocycles. The van der Waals surface area contributed by atoms with Crippen LogP contribution in [0.4, 0.5) is 5.69 Å². The lowest BCUT2D eigenvalue weighted by Gasteiger charge is -2.05. The van der Waals surface area contributed by atoms with Crippen molar-refractivity contribution >= 4 is 38.4 Å². The number of carbonyl (C=O) groups excluding carboxylic acids is 1. The fraction of sp³-hybridized carbons (Fsp3) is 0.118. The predicted molar refractivity (Wildman–Crippen MR) is 93.9 cm³/mol. The van der Waals surface area contributed by atoms with Gasteiger partial charge in [0.2, 0.25) is 5.88 Å². The van der Waals surface area contributed by atoms with Gasteiger partial charge in [0, 0.05) is 9.86 Å². The molecule has 1 aromatic heterocycles. The summed E-state index contributed by atoms with van der Waals surface area (Å²) in [5.74, 6) is -0.0911. The van der Waals surface area contributed by atoms with Gasteiger partial charge in [-0.15, -0.1) is 10.2 Å². The van der Waals surface area contributed by atoms with E-state index in [1.165, 1.54) is 0 Å². The van der Waals surface area contributed by atoms with Gasteiger partial charge in [-0.3, -0.25) is 4.79 Å². The fourth-order valence-corrected chi connectivity index (χ4v) is 2.45. The van der Waals surface area contributed by atoms with E-state index in [4.69, 9.17) is 4.74 Å². The predicted octanol–water partition coefficient (Wildman–Crippen LogP) is 4.63. The van der Waals surface area contributed by atoms with Crippen molar-refractivity contribution in [2.45, 2.75) is 6.92 Å². The Labute approximate surface area is 146 Å². The second kappa shape index (κ2) is 6.84. The van der Waals surface area contributed by atoms with Crippen molar-refractivity contribution in [3.63, 3.8) is 0 Å². The summed E-state index contributed by atoms with van der Waals surface area (Å²) in [6.45, 7) is 1.70. The monoisotopic (exact) mass is 387 g/mol. The Morgan fingerprint density at radius 1 is 1.29 bits per heavy atom. The summed E-state index contributed by atoms with van der Waals surface area (Å²) in [7, 11) is 0. The number of halogens is 1. The number of hydrogen-bond donors (Lipinski definition) is 2. The number of rotatable bonds is 4. The van der Waals surface area contributed by atoms with Crippen LogP contribution in [0, 0.1) is 6.92 Å². The van der Waals surface area contributed by atoms with Gasteiger partial charge in [-0.1, -0.05) is 34.1 Å². The highest BCUT2D eigenvalue weighted by Crippen LogP contribution is 2.35. The molecule has 0 spiro atoms. The lowest BCUT2D eigenvalue weighted by atomic mass is 10.2. The zero-order valence-electron chi connectivity index (χ0n) is 12.8. The summed E-state index contributed by atoms with van der Waals surface area (Å²) in [4.78, 5) is 14.6. The number of benzene rings is 2. The number of amides is 1. The highest BCUT2D eigenvalue weighted by molar-refractivity contribution is 9.10. The number of fused-ring (bicyclic) bond motifs is 1. The Bertz CT molecular complexity index is 934. The molecule has 2 N–H and O–H groups in total. The molecule has 0 saturated heterocycles. The molecule has 0 atom stereocenters. The normalized spacial score (nSPS) is 11.2. The average molecular weight is 388 g/mol. The van der Waals surface area contributed by atoms with E-state index >= 15 is 0 Å². The molecule has 3 rings (SSSR count). The second-order valence-electron chi connectivity index (χ2n) is 5.16. The van der Waals surface area contributed by atoms with Gasteiger partial charge in [0.15, 0.2) is 12.3 Å². The number of para-hydroxylation sites is 1. The van der Waals surface area contributed by atoms with Crippen molar-refractivity contribution in [1.82, 2.24) is 4.98 Å². The van der Waals surface area contributed by atoms with Gasteiger partial charge in [0.05, 0.1) is 5.52 Å². The Kier molecular flexibility index (Phi) is 4.61. The molecule has 6 nitrogen and oxygen atoms in total. The minimum atomic E-state index is -0.541. The molecule has 0 saturated carbocycles. The lowest BCUT2D eigenvalue weighted by molar-refractivity contribution is -0.120. The number of H-pyrrole nitrogens is 1. The maximum Gasteiger partial charge on any atom is 0.302 e. The van der Waals surface area contributed by atoms with Gasteiger partial charge in [0.25, 0.3) is 0 Å². The molecule has 3 aromatic rings. The zero-order valence-corrected chi connectivity index (χ0v) is 14.4. The molecule has 0 radical (unpaired) electrons. The molecule has 1 heterocycles. The van der Waals surface area contributed by atoms with E-state index in [1.807, 2.05) is 31.2 Å². The van der Waals surface area contributed by atoms with E-state index in [-0.39, 0.29) is 18.2 Å². The molecule has 2 aromatic carbocycles. The van der Waals surface area contributed by atoms with Crippen molar-refractivity contribution in [2.75, 3.05) is 6.61 Å². The number of aryl methyl sites for hydroxylation is 1. The smallest absolute Gasteiger partial charge is 0.302 e. The molecule has 0 aliphatic rings. The van der Waals surface area contributed by atoms with Crippen molar-refractivity contribution in [3.8, 4) is 11.6 Å². The SMILES string of the molecule is Cc1cc(OCC(=O)N=Nc2c(O)[nH]c3ccccc23)ccc1Br. The summed E-state index contributed by atoms with van der Waals surface area (Å²) in [5, 5.41) is 18.0. The molecule has 0 bridgehead atoms. The second-order valence-corrected chi connectivity index (χ2v) is 6.02. The zero-order chi connectivity index (χ0) is 17.1. The van der Waals surface area contributed by atoms with Crippen LogP contribution in [0.15, 0.2) is 57.2 Å². The largest absolute Gasteiger partial charge is 0.493 e. The standard InChI is InChI=1S/C17H14BrN3O3/c1-10-8-11(6-7-13(10)18)24-9-15(22)20-21-16-12-4-2-3-5-14(12)19-17(16)23/h2-8,19,23H,9H2,1H3. The number of aromatic amines is 1. The molecular weight excluding hydrogens is 374 g/mol. The average Bonchev–Trinajstić information content (AvgIpc) is 2.89. The van der Waals surface area contributed by atoms with Crippen molar-refractivity contribution < 1.29 is 14.6 Å². The number of azo groups is 1. The van der Waals surface area contributed by atoms with Gasteiger partial charge in [-0.25, -0.2) is 0 Å². The van der Waals surface area contributed by atoms with Crippen LogP contribution in [0.25, 0.3) is 10.9 Å². The molecule has 0 fully saturated rings. The number of hydrogen-bond acceptors (Lipinski definition) is 4. The first-order chi connectivity index (χ1) is 11.5. The van der Waals surface area contributed by atoms with Crippen LogP contribution in [0.5, 0.6) is 11.6 Å². The third-order valence-electron chi connectivity index (χ3n) is 3.41. The van der Waals surface area contributed by atoms with Crippen LogP contribution in [0.3, 0.4) is 0 Å². The summed E-state index contributed by atoms with van der Waals surface area (Å²) in [6.07, 6.45) is 0. The molecule has 0 unspecified atom stereocenters.